The quantitative estimate of drug-likeness (QED) is 0.0720. The lowest BCUT2D eigenvalue weighted by atomic mass is 10.2. The molecule has 0 amide bonds. The predicted molar refractivity (Wildman–Crippen MR) is 173 cm³/mol. The summed E-state index contributed by atoms with van der Waals surface area (Å²) in [6, 6.07) is 7.69. The first kappa shape index (κ1) is 37.1. The Bertz CT molecular complexity index is 2550. The first-order valence-electron chi connectivity index (χ1n) is 13.0. The molecule has 23 heteroatoms. The molecule has 3 aromatic carbocycles. The van der Waals surface area contributed by atoms with Gasteiger partial charge in [0.25, 0.3) is 20.0 Å². The maximum Gasteiger partial charge on any atom is 0.310 e. The molecule has 0 radical (unpaired) electrons. The van der Waals surface area contributed by atoms with E-state index in [2.05, 4.69) is 30.9 Å². The molecule has 0 spiro atoms. The molecule has 3 heterocycles. The van der Waals surface area contributed by atoms with Crippen LogP contribution in [-0.4, -0.2) is 31.8 Å². The highest BCUT2D eigenvalue weighted by Gasteiger charge is 2.65. The number of aromatic amines is 2. The average molecular weight is 857 g/mol. The second-order valence-corrected chi connectivity index (χ2v) is 17.1. The van der Waals surface area contributed by atoms with Gasteiger partial charge < -0.3 is 9.97 Å². The molecule has 0 fully saturated rings. The summed E-state index contributed by atoms with van der Waals surface area (Å²) in [7, 11) is -18.7. The van der Waals surface area contributed by atoms with E-state index in [1.165, 1.54) is 36.5 Å². The van der Waals surface area contributed by atoms with Crippen LogP contribution >= 0.6 is 37.8 Å². The monoisotopic (exact) mass is 855 g/mol. The van der Waals surface area contributed by atoms with Crippen LogP contribution in [0.15, 0.2) is 92.3 Å². The Morgan fingerprint density at radius 2 is 1.22 bits per heavy atom. The molecule has 6 aromatic rings. The Kier molecular flexibility index (Phi) is 8.91. The van der Waals surface area contributed by atoms with Gasteiger partial charge in [-0.25, -0.2) is 39.4 Å². The lowest BCUT2D eigenvalue weighted by Crippen LogP contribution is -2.14. The molecule has 0 saturated heterocycles. The van der Waals surface area contributed by atoms with Crippen LogP contribution < -0.4 is 9.44 Å². The molecular weight excluding hydrogens is 841 g/mol. The van der Waals surface area contributed by atoms with Crippen molar-refractivity contribution in [3.8, 4) is 0 Å². The fourth-order valence-corrected chi connectivity index (χ4v) is 7.89. The van der Waals surface area contributed by atoms with E-state index in [0.29, 0.717) is 26.9 Å². The SMILES string of the molecule is O=S(=O)(Nc1cc(F)c(F)cc1F)c1c[nH]c2nc(Br)ccc12.O=S(=O)(Nc1ccc(S(F)(F)(F)(F)F)cc1F)c1c[nH]c2cc(Cl)ccc12. The molecule has 0 bridgehead atoms. The van der Waals surface area contributed by atoms with Crippen LogP contribution in [0.5, 0.6) is 0 Å². The van der Waals surface area contributed by atoms with Crippen molar-refractivity contribution in [2.24, 2.45) is 0 Å². The smallest absolute Gasteiger partial charge is 0.310 e. The number of nitrogens with zero attached hydrogens (tertiary/aromatic N) is 1. The molecule has 0 unspecified atom stereocenters. The van der Waals surface area contributed by atoms with Gasteiger partial charge in [-0.2, -0.15) is 0 Å². The van der Waals surface area contributed by atoms with Gasteiger partial charge in [-0.1, -0.05) is 31.0 Å². The zero-order chi connectivity index (χ0) is 37.1. The van der Waals surface area contributed by atoms with Crippen molar-refractivity contribution in [1.29, 1.82) is 0 Å². The highest BCUT2D eigenvalue weighted by Crippen LogP contribution is 3.02. The van der Waals surface area contributed by atoms with Crippen LogP contribution in [0.25, 0.3) is 21.9 Å². The minimum atomic E-state index is -10.1. The van der Waals surface area contributed by atoms with Gasteiger partial charge in [0, 0.05) is 45.8 Å². The van der Waals surface area contributed by atoms with Crippen molar-refractivity contribution in [1.82, 2.24) is 15.0 Å². The normalized spacial score (nSPS) is 13.7. The maximum absolute atomic E-state index is 13.9. The second kappa shape index (κ2) is 12.0. The summed E-state index contributed by atoms with van der Waals surface area (Å²) >= 11 is 8.93. The highest BCUT2D eigenvalue weighted by atomic mass is 79.9. The van der Waals surface area contributed by atoms with Crippen molar-refractivity contribution in [3.05, 3.63) is 106 Å². The van der Waals surface area contributed by atoms with E-state index >= 15 is 0 Å². The zero-order valence-electron chi connectivity index (χ0n) is 23.9. The van der Waals surface area contributed by atoms with E-state index in [9.17, 15) is 53.8 Å². The largest absolute Gasteiger partial charge is 0.360 e. The van der Waals surface area contributed by atoms with Gasteiger partial charge in [0.2, 0.25) is 0 Å². The zero-order valence-corrected chi connectivity index (χ0v) is 28.7. The van der Waals surface area contributed by atoms with Gasteiger partial charge in [0.15, 0.2) is 11.6 Å². The van der Waals surface area contributed by atoms with Gasteiger partial charge in [-0.15, -0.1) is 0 Å². The third-order valence-corrected chi connectivity index (χ3v) is 11.2. The first-order valence-corrected chi connectivity index (χ1v) is 19.1. The molecule has 0 atom stereocenters. The fraction of sp³-hybridized carbons (Fsp3) is 0. The van der Waals surface area contributed by atoms with Crippen molar-refractivity contribution in [2.75, 3.05) is 9.44 Å². The van der Waals surface area contributed by atoms with E-state index in [-0.39, 0.29) is 38.8 Å². The number of hydrogen-bond acceptors (Lipinski definition) is 5. The lowest BCUT2D eigenvalue weighted by molar-refractivity contribution is 0.363. The van der Waals surface area contributed by atoms with Gasteiger partial charge in [-0.3, -0.25) is 9.44 Å². The molecule has 4 N–H and O–H groups in total. The number of hydrogen-bond donors (Lipinski definition) is 4. The lowest BCUT2D eigenvalue weighted by Gasteiger charge is -2.40. The van der Waals surface area contributed by atoms with Gasteiger partial charge in [0.05, 0.1) is 11.4 Å². The van der Waals surface area contributed by atoms with E-state index in [0.717, 1.165) is 6.20 Å². The van der Waals surface area contributed by atoms with Crippen molar-refractivity contribution in [2.45, 2.75) is 14.7 Å². The highest BCUT2D eigenvalue weighted by molar-refractivity contribution is 9.10. The predicted octanol–water partition coefficient (Wildman–Crippen LogP) is 9.96. The molecule has 0 saturated carbocycles. The van der Waals surface area contributed by atoms with Gasteiger partial charge >= 0.3 is 10.2 Å². The third kappa shape index (κ3) is 7.93. The molecule has 0 aliphatic heterocycles. The number of sulfonamides is 2. The summed E-state index contributed by atoms with van der Waals surface area (Å²) in [6.45, 7) is 0. The molecule has 0 aliphatic carbocycles. The van der Waals surface area contributed by atoms with Crippen LogP contribution in [-0.2, 0) is 20.0 Å². The van der Waals surface area contributed by atoms with E-state index in [1.807, 2.05) is 4.72 Å². The van der Waals surface area contributed by atoms with Crippen LogP contribution in [0.1, 0.15) is 0 Å². The summed E-state index contributed by atoms with van der Waals surface area (Å²) < 4.78 is 171. The summed E-state index contributed by atoms with van der Waals surface area (Å²) in [5.41, 5.74) is -0.961. The molecule has 3 aromatic heterocycles. The molecule has 6 rings (SSSR count). The van der Waals surface area contributed by atoms with Crippen LogP contribution in [0.2, 0.25) is 5.02 Å². The van der Waals surface area contributed by atoms with E-state index < -0.39 is 75.9 Å². The first-order chi connectivity index (χ1) is 22.8. The van der Waals surface area contributed by atoms with Gasteiger partial charge in [-0.05, 0) is 64.5 Å². The van der Waals surface area contributed by atoms with Crippen LogP contribution in [0, 0.1) is 23.3 Å². The number of fused-ring (bicyclic) bond motifs is 2. The van der Waals surface area contributed by atoms with Crippen molar-refractivity contribution in [3.63, 3.8) is 0 Å². The summed E-state index contributed by atoms with van der Waals surface area (Å²) in [5, 5.41) is 0.776. The van der Waals surface area contributed by atoms with Crippen molar-refractivity contribution >= 4 is 91.1 Å². The molecule has 9 nitrogen and oxygen atoms in total. The number of nitrogens with one attached hydrogen (secondary N) is 4. The number of rotatable bonds is 7. The minimum absolute atomic E-state index is 0.0858. The maximum atomic E-state index is 13.9. The Hall–Kier alpha value is -4.12. The molecule has 268 valence electrons. The second-order valence-electron chi connectivity index (χ2n) is 10.1. The van der Waals surface area contributed by atoms with Crippen LogP contribution in [0.4, 0.5) is 48.4 Å². The van der Waals surface area contributed by atoms with E-state index in [4.69, 9.17) is 11.6 Å². The third-order valence-electron chi connectivity index (χ3n) is 6.54. The standard InChI is InChI=1S/C14H9ClF6N2O2S2.C13H7BrF3N3O2S/c15-8-1-3-10-13(5-8)22-7-14(10)26(24,25)23-12-4-2-9(6-11(12)16)27(17,18,19,20)21;14-12-2-1-6-11(5-18-13(6)19-12)23(21,22)20-10-4-8(16)7(15)3-9(10)17/h1-7,22-23H;1-5,20H,(H,18,19). The van der Waals surface area contributed by atoms with Crippen LogP contribution in [0.3, 0.4) is 0 Å². The Morgan fingerprint density at radius 1 is 0.660 bits per heavy atom. The summed E-state index contributed by atoms with van der Waals surface area (Å²) in [6.07, 6.45) is 2.24. The molecule has 0 aliphatic rings. The summed E-state index contributed by atoms with van der Waals surface area (Å²) in [5.74, 6) is -5.80. The number of pyridine rings is 1. The number of aromatic nitrogens is 3. The molecule has 50 heavy (non-hydrogen) atoms. The number of H-pyrrole nitrogens is 2. The Morgan fingerprint density at radius 3 is 1.86 bits per heavy atom. The topological polar surface area (TPSA) is 137 Å². The molecular formula is C27H16BrClF9N5O4S3. The Balaban J connectivity index is 0.000000197. The fourth-order valence-electron chi connectivity index (χ4n) is 4.29. The van der Waals surface area contributed by atoms with E-state index in [1.54, 1.807) is 4.72 Å². The van der Waals surface area contributed by atoms with Crippen molar-refractivity contribution < 1.29 is 53.8 Å². The minimum Gasteiger partial charge on any atom is -0.360 e. The Labute approximate surface area is 288 Å². The number of halogens is 11. The number of benzene rings is 3. The number of anilines is 2. The average Bonchev–Trinajstić information content (AvgIpc) is 3.60. The van der Waals surface area contributed by atoms with Gasteiger partial charge in [0.1, 0.15) is 36.6 Å². The summed E-state index contributed by atoms with van der Waals surface area (Å²) in [4.78, 5) is 6.36.